The first-order chi connectivity index (χ1) is 17.0. The molecule has 36 heavy (non-hydrogen) atoms. The number of nitrogens with zero attached hydrogens (tertiary/aromatic N) is 3. The second-order valence-corrected chi connectivity index (χ2v) is 14.8. The predicted octanol–water partition coefficient (Wildman–Crippen LogP) is 12.0. The smallest absolute Gasteiger partial charge is 0.233 e. The molecule has 0 saturated heterocycles. The molecule has 3 aromatic carbocycles. The molecule has 0 spiro atoms. The Kier molecular flexibility index (Phi) is 10.4. The van der Waals surface area contributed by atoms with Crippen molar-refractivity contribution in [2.24, 2.45) is 0 Å². The summed E-state index contributed by atoms with van der Waals surface area (Å²) in [6.07, 6.45) is 0. The van der Waals surface area contributed by atoms with E-state index in [1.165, 1.54) is 0 Å². The Hall–Kier alpha value is 0.390. The second-order valence-electron chi connectivity index (χ2n) is 6.91. The number of halogens is 9. The topological polar surface area (TPSA) is 74.8 Å². The van der Waals surface area contributed by atoms with Crippen LogP contribution in [-0.4, -0.2) is 15.0 Å². The van der Waals surface area contributed by atoms with E-state index in [1.54, 1.807) is 0 Å². The first-order valence-corrected chi connectivity index (χ1v) is 16.6. The summed E-state index contributed by atoms with van der Waals surface area (Å²) in [5.41, 5.74) is 2.29. The van der Waals surface area contributed by atoms with E-state index in [-0.39, 0.29) is 0 Å². The normalized spacial score (nSPS) is 10.9. The highest BCUT2D eigenvalue weighted by Crippen LogP contribution is 2.39. The van der Waals surface area contributed by atoms with E-state index in [0.29, 0.717) is 17.8 Å². The van der Waals surface area contributed by atoms with E-state index in [9.17, 15) is 0 Å². The van der Waals surface area contributed by atoms with Crippen LogP contribution in [0, 0.1) is 0 Å². The minimum atomic E-state index is 0.326. The summed E-state index contributed by atoms with van der Waals surface area (Å²) in [7, 11) is 0. The summed E-state index contributed by atoms with van der Waals surface area (Å²) in [4.78, 5) is 13.8. The van der Waals surface area contributed by atoms with Gasteiger partial charge in [0, 0.05) is 40.3 Å². The van der Waals surface area contributed by atoms with E-state index in [2.05, 4.69) is 174 Å². The zero-order valence-corrected chi connectivity index (χ0v) is 31.5. The molecular weight excluding hydrogens is 1060 g/mol. The lowest BCUT2D eigenvalue weighted by molar-refractivity contribution is 1.06. The molecular formula is C21H9Br9N6. The molecule has 186 valence electrons. The molecule has 1 aromatic heterocycles. The molecule has 0 bridgehead atoms. The molecule has 0 aliphatic rings. The SMILES string of the molecule is Brc1cc(Br)c(Nc2nc(Nc3c(Br)cc(Br)cc3Br)nc(Nc3c(Br)cc(Br)cc3Br)n2)c(Br)c1. The van der Waals surface area contributed by atoms with Crippen LogP contribution in [0.2, 0.25) is 0 Å². The van der Waals surface area contributed by atoms with Gasteiger partial charge in [0.25, 0.3) is 0 Å². The molecule has 15 heteroatoms. The molecule has 0 radical (unpaired) electrons. The van der Waals surface area contributed by atoms with Crippen LogP contribution in [0.25, 0.3) is 0 Å². The number of aromatic nitrogens is 3. The van der Waals surface area contributed by atoms with Gasteiger partial charge in [-0.2, -0.15) is 15.0 Å². The molecule has 4 rings (SSSR count). The minimum absolute atomic E-state index is 0.326. The van der Waals surface area contributed by atoms with Gasteiger partial charge in [-0.1, -0.05) is 47.8 Å². The highest BCUT2D eigenvalue weighted by Gasteiger charge is 2.16. The maximum absolute atomic E-state index is 4.61. The van der Waals surface area contributed by atoms with Gasteiger partial charge in [-0.25, -0.2) is 0 Å². The van der Waals surface area contributed by atoms with Crippen molar-refractivity contribution in [2.45, 2.75) is 0 Å². The standard InChI is InChI=1S/C21H9Br9N6/c22-7-1-10(25)16(11(26)2-7)31-19-34-20(32-17-12(27)3-8(23)4-13(17)28)36-21(35-19)33-18-14(29)5-9(24)6-15(18)30/h1-6H,(H3,31,32,33,34,35,36). The lowest BCUT2D eigenvalue weighted by Crippen LogP contribution is -2.08. The maximum Gasteiger partial charge on any atom is 0.233 e. The third kappa shape index (κ3) is 7.32. The van der Waals surface area contributed by atoms with Crippen LogP contribution in [0.1, 0.15) is 0 Å². The van der Waals surface area contributed by atoms with Crippen molar-refractivity contribution in [1.29, 1.82) is 0 Å². The molecule has 0 saturated carbocycles. The first kappa shape index (κ1) is 29.4. The second kappa shape index (κ2) is 12.7. The Morgan fingerprint density at radius 3 is 0.750 bits per heavy atom. The van der Waals surface area contributed by atoms with Crippen molar-refractivity contribution in [3.63, 3.8) is 0 Å². The van der Waals surface area contributed by atoms with Gasteiger partial charge in [-0.05, 0) is 132 Å². The van der Waals surface area contributed by atoms with E-state index < -0.39 is 0 Å². The van der Waals surface area contributed by atoms with Gasteiger partial charge in [-0.3, -0.25) is 0 Å². The van der Waals surface area contributed by atoms with Gasteiger partial charge in [0.1, 0.15) is 0 Å². The summed E-state index contributed by atoms with van der Waals surface area (Å²) in [5.74, 6) is 0.979. The Morgan fingerprint density at radius 2 is 0.556 bits per heavy atom. The highest BCUT2D eigenvalue weighted by atomic mass is 79.9. The van der Waals surface area contributed by atoms with Crippen molar-refractivity contribution in [3.8, 4) is 0 Å². The quantitative estimate of drug-likeness (QED) is 0.179. The zero-order chi connectivity index (χ0) is 26.1. The Morgan fingerprint density at radius 1 is 0.361 bits per heavy atom. The Bertz CT molecular complexity index is 1220. The fraction of sp³-hybridized carbons (Fsp3) is 0. The molecule has 4 aromatic rings. The molecule has 0 unspecified atom stereocenters. The van der Waals surface area contributed by atoms with Gasteiger partial charge in [-0.15, -0.1) is 0 Å². The number of hydrogen-bond donors (Lipinski definition) is 3. The van der Waals surface area contributed by atoms with Crippen molar-refractivity contribution in [3.05, 3.63) is 76.7 Å². The first-order valence-electron chi connectivity index (χ1n) is 9.51. The molecule has 0 fully saturated rings. The van der Waals surface area contributed by atoms with E-state index in [4.69, 9.17) is 0 Å². The van der Waals surface area contributed by atoms with E-state index in [0.717, 1.165) is 57.3 Å². The van der Waals surface area contributed by atoms with Gasteiger partial charge in [0.05, 0.1) is 17.1 Å². The molecule has 1 heterocycles. The molecule has 0 amide bonds. The fourth-order valence-electron chi connectivity index (χ4n) is 2.86. The van der Waals surface area contributed by atoms with Gasteiger partial charge < -0.3 is 16.0 Å². The number of hydrogen-bond acceptors (Lipinski definition) is 6. The van der Waals surface area contributed by atoms with E-state index in [1.807, 2.05) is 36.4 Å². The van der Waals surface area contributed by atoms with Gasteiger partial charge >= 0.3 is 0 Å². The largest absolute Gasteiger partial charge is 0.322 e. The lowest BCUT2D eigenvalue weighted by atomic mass is 10.3. The average molecular weight is 1060 g/mol. The number of benzene rings is 3. The van der Waals surface area contributed by atoms with Crippen molar-refractivity contribution >= 4 is 178 Å². The highest BCUT2D eigenvalue weighted by molar-refractivity contribution is 9.12. The van der Waals surface area contributed by atoms with Gasteiger partial charge in [0.2, 0.25) is 17.8 Å². The maximum atomic E-state index is 4.61. The van der Waals surface area contributed by atoms with Crippen LogP contribution < -0.4 is 16.0 Å². The minimum Gasteiger partial charge on any atom is -0.322 e. The van der Waals surface area contributed by atoms with Crippen LogP contribution in [0.5, 0.6) is 0 Å². The van der Waals surface area contributed by atoms with Crippen LogP contribution in [0.4, 0.5) is 34.9 Å². The summed E-state index contributed by atoms with van der Waals surface area (Å²) in [6, 6.07) is 11.6. The number of anilines is 6. The molecule has 0 aliphatic carbocycles. The van der Waals surface area contributed by atoms with Gasteiger partial charge in [0.15, 0.2) is 0 Å². The molecule has 6 nitrogen and oxygen atoms in total. The van der Waals surface area contributed by atoms with Crippen molar-refractivity contribution in [1.82, 2.24) is 15.0 Å². The Labute approximate surface area is 282 Å². The third-order valence-electron chi connectivity index (χ3n) is 4.37. The fourth-order valence-corrected chi connectivity index (χ4v) is 10.2. The summed E-state index contributed by atoms with van der Waals surface area (Å²) in [6.45, 7) is 0. The zero-order valence-electron chi connectivity index (χ0n) is 17.2. The molecule has 0 atom stereocenters. The van der Waals surface area contributed by atoms with E-state index >= 15 is 0 Å². The predicted molar refractivity (Wildman–Crippen MR) is 178 cm³/mol. The van der Waals surface area contributed by atoms with Crippen LogP contribution in [-0.2, 0) is 0 Å². The van der Waals surface area contributed by atoms with Crippen LogP contribution >= 0.6 is 143 Å². The summed E-state index contributed by atoms with van der Waals surface area (Å²) >= 11 is 32.0. The van der Waals surface area contributed by atoms with Crippen LogP contribution in [0.3, 0.4) is 0 Å². The lowest BCUT2D eigenvalue weighted by Gasteiger charge is -2.16. The van der Waals surface area contributed by atoms with Crippen LogP contribution in [0.15, 0.2) is 76.7 Å². The number of rotatable bonds is 6. The van der Waals surface area contributed by atoms with Crippen molar-refractivity contribution in [2.75, 3.05) is 16.0 Å². The molecule has 0 aliphatic heterocycles. The Balaban J connectivity index is 1.79. The number of nitrogens with one attached hydrogen (secondary N) is 3. The summed E-state index contributed by atoms with van der Waals surface area (Å²) in [5, 5.41) is 9.83. The van der Waals surface area contributed by atoms with Crippen molar-refractivity contribution < 1.29 is 0 Å². The molecule has 3 N–H and O–H groups in total. The summed E-state index contributed by atoms with van der Waals surface area (Å²) < 4.78 is 7.70. The third-order valence-corrected chi connectivity index (χ3v) is 9.49. The monoisotopic (exact) mass is 1060 g/mol. The average Bonchev–Trinajstić information content (AvgIpc) is 2.76.